The molecule has 2 aliphatic heterocycles. The first-order valence-corrected chi connectivity index (χ1v) is 6.94. The highest BCUT2D eigenvalue weighted by Gasteiger charge is 2.41. The molecule has 1 spiro atoms. The van der Waals surface area contributed by atoms with Crippen LogP contribution in [-0.4, -0.2) is 43.2 Å². The third kappa shape index (κ3) is 2.58. The molecule has 0 radical (unpaired) electrons. The molecule has 6 heteroatoms. The number of piperidine rings is 1. The van der Waals surface area contributed by atoms with E-state index in [4.69, 9.17) is 14.6 Å². The van der Waals surface area contributed by atoms with E-state index >= 15 is 0 Å². The minimum atomic E-state index is -1.03. The highest BCUT2D eigenvalue weighted by molar-refractivity contribution is 5.89. The van der Waals surface area contributed by atoms with Crippen LogP contribution in [0.1, 0.15) is 28.8 Å². The highest BCUT2D eigenvalue weighted by Crippen LogP contribution is 2.34. The normalized spacial score (nSPS) is 20.4. The van der Waals surface area contributed by atoms with E-state index in [1.807, 2.05) is 4.90 Å². The van der Waals surface area contributed by atoms with Crippen LogP contribution in [-0.2, 0) is 9.47 Å². The minimum absolute atomic E-state index is 0.121. The van der Waals surface area contributed by atoms with Gasteiger partial charge in [0, 0.05) is 13.0 Å². The Morgan fingerprint density at radius 1 is 1.38 bits per heavy atom. The van der Waals surface area contributed by atoms with E-state index in [9.17, 15) is 10.1 Å². The van der Waals surface area contributed by atoms with E-state index in [1.165, 1.54) is 12.1 Å². The Balaban J connectivity index is 1.89. The fraction of sp³-hybridized carbons (Fsp3) is 0.467. The van der Waals surface area contributed by atoms with Gasteiger partial charge in [0.05, 0.1) is 36.6 Å². The van der Waals surface area contributed by atoms with Crippen LogP contribution >= 0.6 is 0 Å². The zero-order valence-electron chi connectivity index (χ0n) is 11.5. The number of aromatic carboxylic acids is 1. The molecule has 2 aliphatic rings. The first-order valence-electron chi connectivity index (χ1n) is 6.94. The summed E-state index contributed by atoms with van der Waals surface area (Å²) in [4.78, 5) is 13.0. The summed E-state index contributed by atoms with van der Waals surface area (Å²) in [5, 5.41) is 18.3. The number of carbonyl (C=O) groups is 1. The molecular weight excluding hydrogens is 272 g/mol. The molecule has 2 fully saturated rings. The molecule has 1 aromatic carbocycles. The van der Waals surface area contributed by atoms with Gasteiger partial charge < -0.3 is 19.5 Å². The monoisotopic (exact) mass is 288 g/mol. The van der Waals surface area contributed by atoms with Crippen molar-refractivity contribution < 1.29 is 19.4 Å². The van der Waals surface area contributed by atoms with Gasteiger partial charge in [-0.05, 0) is 24.6 Å². The van der Waals surface area contributed by atoms with Gasteiger partial charge in [0.1, 0.15) is 6.07 Å². The number of nitrogens with zero attached hydrogens (tertiary/aromatic N) is 2. The fourth-order valence-electron chi connectivity index (χ4n) is 2.96. The Bertz CT molecular complexity index is 602. The summed E-state index contributed by atoms with van der Waals surface area (Å²) in [6.45, 7) is 2.55. The lowest BCUT2D eigenvalue weighted by Crippen LogP contribution is -2.49. The van der Waals surface area contributed by atoms with Crippen LogP contribution in [0.25, 0.3) is 0 Å². The second kappa shape index (κ2) is 5.35. The molecule has 0 aromatic heterocycles. The molecule has 21 heavy (non-hydrogen) atoms. The third-order valence-electron chi connectivity index (χ3n) is 3.94. The largest absolute Gasteiger partial charge is 0.478 e. The van der Waals surface area contributed by atoms with Crippen molar-refractivity contribution in [2.75, 3.05) is 31.2 Å². The summed E-state index contributed by atoms with van der Waals surface area (Å²) >= 11 is 0. The van der Waals surface area contributed by atoms with E-state index < -0.39 is 11.8 Å². The van der Waals surface area contributed by atoms with E-state index in [2.05, 4.69) is 6.07 Å². The second-order valence-corrected chi connectivity index (χ2v) is 5.28. The van der Waals surface area contributed by atoms with Gasteiger partial charge in [0.25, 0.3) is 0 Å². The van der Waals surface area contributed by atoms with Crippen molar-refractivity contribution in [2.45, 2.75) is 18.6 Å². The molecule has 0 bridgehead atoms. The van der Waals surface area contributed by atoms with E-state index in [0.29, 0.717) is 25.3 Å². The van der Waals surface area contributed by atoms with Crippen molar-refractivity contribution in [3.8, 4) is 6.07 Å². The quantitative estimate of drug-likeness (QED) is 0.890. The number of hydrogen-bond acceptors (Lipinski definition) is 5. The smallest absolute Gasteiger partial charge is 0.335 e. The lowest BCUT2D eigenvalue weighted by Gasteiger charge is -2.40. The lowest BCUT2D eigenvalue weighted by atomic mass is 10.0. The van der Waals surface area contributed by atoms with Crippen molar-refractivity contribution in [1.82, 2.24) is 0 Å². The number of benzene rings is 1. The number of ether oxygens (including phenoxy) is 2. The molecular formula is C15H16N2O4. The predicted octanol–water partition coefficient (Wildman–Crippen LogP) is 1.60. The van der Waals surface area contributed by atoms with Gasteiger partial charge >= 0.3 is 5.97 Å². The van der Waals surface area contributed by atoms with Crippen molar-refractivity contribution >= 4 is 11.7 Å². The van der Waals surface area contributed by atoms with Gasteiger partial charge in [0.2, 0.25) is 0 Å². The molecule has 1 aromatic rings. The Morgan fingerprint density at radius 3 is 2.81 bits per heavy atom. The number of nitriles is 1. The van der Waals surface area contributed by atoms with Crippen LogP contribution in [0.4, 0.5) is 5.69 Å². The van der Waals surface area contributed by atoms with Gasteiger partial charge in [-0.2, -0.15) is 5.26 Å². The van der Waals surface area contributed by atoms with Gasteiger partial charge in [-0.15, -0.1) is 0 Å². The summed E-state index contributed by atoms with van der Waals surface area (Å²) < 4.78 is 11.5. The van der Waals surface area contributed by atoms with Crippen LogP contribution in [0.5, 0.6) is 0 Å². The Hall–Kier alpha value is -2.10. The summed E-state index contributed by atoms with van der Waals surface area (Å²) in [6, 6.07) is 6.71. The average molecular weight is 288 g/mol. The van der Waals surface area contributed by atoms with Crippen molar-refractivity contribution in [3.63, 3.8) is 0 Å². The molecule has 0 atom stereocenters. The molecule has 0 amide bonds. The maximum atomic E-state index is 11.0. The zero-order valence-corrected chi connectivity index (χ0v) is 11.5. The van der Waals surface area contributed by atoms with Gasteiger partial charge in [-0.25, -0.2) is 4.79 Å². The third-order valence-corrected chi connectivity index (χ3v) is 3.94. The highest BCUT2D eigenvalue weighted by atomic mass is 16.7. The van der Waals surface area contributed by atoms with Gasteiger partial charge in [-0.3, -0.25) is 0 Å². The molecule has 0 saturated carbocycles. The fourth-order valence-corrected chi connectivity index (χ4v) is 2.96. The SMILES string of the molecule is N#Cc1cc(C(=O)O)ccc1N1CCCC2(C1)OCCO2. The Morgan fingerprint density at radius 2 is 2.14 bits per heavy atom. The summed E-state index contributed by atoms with van der Waals surface area (Å²) in [7, 11) is 0. The number of rotatable bonds is 2. The van der Waals surface area contributed by atoms with Crippen LogP contribution in [0, 0.1) is 11.3 Å². The summed E-state index contributed by atoms with van der Waals surface area (Å²) in [5.41, 5.74) is 1.22. The topological polar surface area (TPSA) is 82.8 Å². The average Bonchev–Trinajstić information content (AvgIpc) is 2.94. The van der Waals surface area contributed by atoms with Crippen molar-refractivity contribution in [3.05, 3.63) is 29.3 Å². The summed E-state index contributed by atoms with van der Waals surface area (Å²) in [6.07, 6.45) is 1.75. The Kier molecular flexibility index (Phi) is 3.53. The van der Waals surface area contributed by atoms with Crippen molar-refractivity contribution in [2.24, 2.45) is 0 Å². The van der Waals surface area contributed by atoms with E-state index in [1.54, 1.807) is 6.07 Å². The standard InChI is InChI=1S/C15H16N2O4/c16-9-12-8-11(14(18)19)2-3-13(12)17-5-1-4-15(10-17)20-6-7-21-15/h2-3,8H,1,4-7,10H2,(H,18,19). The predicted molar refractivity (Wildman–Crippen MR) is 74.2 cm³/mol. The molecule has 6 nitrogen and oxygen atoms in total. The molecule has 3 rings (SSSR count). The maximum Gasteiger partial charge on any atom is 0.335 e. The first-order chi connectivity index (χ1) is 10.1. The van der Waals surface area contributed by atoms with Crippen LogP contribution < -0.4 is 4.90 Å². The molecule has 110 valence electrons. The Labute approximate surface area is 122 Å². The second-order valence-electron chi connectivity index (χ2n) is 5.28. The van der Waals surface area contributed by atoms with Crippen molar-refractivity contribution in [1.29, 1.82) is 5.26 Å². The number of anilines is 1. The molecule has 0 unspecified atom stereocenters. The molecule has 1 N–H and O–H groups in total. The van der Waals surface area contributed by atoms with Crippen LogP contribution in [0.3, 0.4) is 0 Å². The zero-order chi connectivity index (χ0) is 14.9. The number of hydrogen-bond donors (Lipinski definition) is 1. The minimum Gasteiger partial charge on any atom is -0.478 e. The van der Waals surface area contributed by atoms with Gasteiger partial charge in [-0.1, -0.05) is 0 Å². The first kappa shape index (κ1) is 13.9. The lowest BCUT2D eigenvalue weighted by molar-refractivity contribution is -0.161. The molecule has 0 aliphatic carbocycles. The summed E-state index contributed by atoms with van der Waals surface area (Å²) in [5.74, 6) is -1.60. The molecule has 2 heterocycles. The number of carboxylic acid groups (broad SMARTS) is 1. The van der Waals surface area contributed by atoms with E-state index in [0.717, 1.165) is 25.1 Å². The van der Waals surface area contributed by atoms with Crippen LogP contribution in [0.2, 0.25) is 0 Å². The number of carboxylic acids is 1. The molecule has 2 saturated heterocycles. The van der Waals surface area contributed by atoms with Gasteiger partial charge in [0.15, 0.2) is 5.79 Å². The van der Waals surface area contributed by atoms with E-state index in [-0.39, 0.29) is 5.56 Å². The maximum absolute atomic E-state index is 11.0. The van der Waals surface area contributed by atoms with Crippen LogP contribution in [0.15, 0.2) is 18.2 Å².